The lowest BCUT2D eigenvalue weighted by Gasteiger charge is -2.14. The summed E-state index contributed by atoms with van der Waals surface area (Å²) in [5, 5.41) is 0.609. The largest absolute Gasteiger partial charge is 0.342 e. The van der Waals surface area contributed by atoms with Crippen LogP contribution in [0.15, 0.2) is 36.4 Å². The van der Waals surface area contributed by atoms with E-state index in [9.17, 15) is 9.18 Å². The SMILES string of the molecule is CN(Cc1nc2ccc(F)cc2[nH]1)C(=O)Cc1nc2ccc(Cl)cc2[nH]1. The molecule has 0 spiro atoms. The van der Waals surface area contributed by atoms with E-state index in [1.54, 1.807) is 36.2 Å². The Morgan fingerprint density at radius 1 is 1.08 bits per heavy atom. The first-order chi connectivity index (χ1) is 12.5. The van der Waals surface area contributed by atoms with Gasteiger partial charge in [-0.1, -0.05) is 11.6 Å². The van der Waals surface area contributed by atoms with Crippen molar-refractivity contribution in [3.05, 3.63) is 58.9 Å². The second-order valence-electron chi connectivity index (χ2n) is 6.12. The minimum absolute atomic E-state index is 0.109. The highest BCUT2D eigenvalue weighted by Crippen LogP contribution is 2.18. The van der Waals surface area contributed by atoms with E-state index in [1.165, 1.54) is 12.1 Å². The second-order valence-corrected chi connectivity index (χ2v) is 6.55. The number of H-pyrrole nitrogens is 2. The fraction of sp³-hybridized carbons (Fsp3) is 0.167. The van der Waals surface area contributed by atoms with Gasteiger partial charge in [0.05, 0.1) is 35.0 Å². The van der Waals surface area contributed by atoms with Gasteiger partial charge in [-0.05, 0) is 36.4 Å². The number of imidazole rings is 2. The molecule has 26 heavy (non-hydrogen) atoms. The average molecular weight is 372 g/mol. The van der Waals surface area contributed by atoms with Gasteiger partial charge in [0.25, 0.3) is 0 Å². The van der Waals surface area contributed by atoms with Crippen LogP contribution in [0, 0.1) is 5.82 Å². The lowest BCUT2D eigenvalue weighted by Crippen LogP contribution is -2.28. The van der Waals surface area contributed by atoms with Gasteiger partial charge in [0.1, 0.15) is 17.5 Å². The predicted octanol–water partition coefficient (Wildman–Crippen LogP) is 3.43. The first-order valence-electron chi connectivity index (χ1n) is 8.00. The molecule has 0 aliphatic heterocycles. The third-order valence-corrected chi connectivity index (χ3v) is 4.35. The number of aromatic nitrogens is 4. The molecule has 0 radical (unpaired) electrons. The maximum Gasteiger partial charge on any atom is 0.230 e. The maximum absolute atomic E-state index is 13.3. The normalized spacial score (nSPS) is 11.3. The topological polar surface area (TPSA) is 77.7 Å². The number of nitrogens with one attached hydrogen (secondary N) is 2. The highest BCUT2D eigenvalue weighted by Gasteiger charge is 2.15. The zero-order valence-electron chi connectivity index (χ0n) is 13.9. The van der Waals surface area contributed by atoms with Crippen molar-refractivity contribution in [3.63, 3.8) is 0 Å². The summed E-state index contributed by atoms with van der Waals surface area (Å²) >= 11 is 5.96. The third kappa shape index (κ3) is 3.25. The summed E-state index contributed by atoms with van der Waals surface area (Å²) in [6.07, 6.45) is 0.137. The zero-order valence-corrected chi connectivity index (χ0v) is 14.6. The Bertz CT molecular complexity index is 1120. The van der Waals surface area contributed by atoms with Crippen LogP contribution in [0.5, 0.6) is 0 Å². The molecular formula is C18H15ClFN5O. The van der Waals surface area contributed by atoms with Crippen molar-refractivity contribution in [3.8, 4) is 0 Å². The molecular weight excluding hydrogens is 357 g/mol. The molecule has 2 aromatic heterocycles. The van der Waals surface area contributed by atoms with E-state index in [0.29, 0.717) is 34.2 Å². The molecule has 0 bridgehead atoms. The van der Waals surface area contributed by atoms with Crippen molar-refractivity contribution in [2.24, 2.45) is 0 Å². The standard InChI is InChI=1S/C18H15ClFN5O/c1-25(9-17-22-13-5-3-11(20)7-15(13)24-17)18(26)8-16-21-12-4-2-10(19)6-14(12)23-16/h2-7H,8-9H2,1H3,(H,21,23)(H,22,24). The number of hydrogen-bond donors (Lipinski definition) is 2. The van der Waals surface area contributed by atoms with Gasteiger partial charge < -0.3 is 14.9 Å². The zero-order chi connectivity index (χ0) is 18.3. The summed E-state index contributed by atoms with van der Waals surface area (Å²) in [6, 6.07) is 9.68. The highest BCUT2D eigenvalue weighted by molar-refractivity contribution is 6.31. The highest BCUT2D eigenvalue weighted by atomic mass is 35.5. The Kier molecular flexibility index (Phi) is 4.08. The predicted molar refractivity (Wildman–Crippen MR) is 97.3 cm³/mol. The summed E-state index contributed by atoms with van der Waals surface area (Å²) in [4.78, 5) is 28.9. The van der Waals surface area contributed by atoms with Crippen LogP contribution >= 0.6 is 11.6 Å². The van der Waals surface area contributed by atoms with Gasteiger partial charge in [-0.25, -0.2) is 14.4 Å². The van der Waals surface area contributed by atoms with Gasteiger partial charge in [0.2, 0.25) is 5.91 Å². The Morgan fingerprint density at radius 2 is 1.73 bits per heavy atom. The van der Waals surface area contributed by atoms with Gasteiger partial charge in [0, 0.05) is 12.1 Å². The van der Waals surface area contributed by atoms with Crippen molar-refractivity contribution in [2.45, 2.75) is 13.0 Å². The molecule has 0 saturated heterocycles. The molecule has 1 amide bonds. The van der Waals surface area contributed by atoms with Gasteiger partial charge in [-0.3, -0.25) is 4.79 Å². The molecule has 6 nitrogen and oxygen atoms in total. The third-order valence-electron chi connectivity index (χ3n) is 4.12. The molecule has 0 aliphatic carbocycles. The molecule has 132 valence electrons. The molecule has 2 N–H and O–H groups in total. The summed E-state index contributed by atoms with van der Waals surface area (Å²) in [6.45, 7) is 0.293. The molecule has 0 aliphatic rings. The number of rotatable bonds is 4. The van der Waals surface area contributed by atoms with Crippen LogP contribution in [-0.4, -0.2) is 37.8 Å². The second kappa shape index (κ2) is 6.42. The number of halogens is 2. The van der Waals surface area contributed by atoms with E-state index in [-0.39, 0.29) is 18.1 Å². The summed E-state index contributed by atoms with van der Waals surface area (Å²) in [5.41, 5.74) is 2.83. The molecule has 0 saturated carbocycles. The number of carbonyl (C=O) groups is 1. The van der Waals surface area contributed by atoms with Crippen molar-refractivity contribution in [1.29, 1.82) is 0 Å². The fourth-order valence-corrected chi connectivity index (χ4v) is 2.99. The summed E-state index contributed by atoms with van der Waals surface area (Å²) in [7, 11) is 1.69. The van der Waals surface area contributed by atoms with Crippen molar-refractivity contribution < 1.29 is 9.18 Å². The number of likely N-dealkylation sites (N-methyl/N-ethyl adjacent to an activating group) is 1. The molecule has 0 fully saturated rings. The summed E-state index contributed by atoms with van der Waals surface area (Å²) < 4.78 is 13.3. The average Bonchev–Trinajstić information content (AvgIpc) is 3.16. The Balaban J connectivity index is 1.47. The number of nitrogens with zero attached hydrogens (tertiary/aromatic N) is 3. The minimum Gasteiger partial charge on any atom is -0.342 e. The van der Waals surface area contributed by atoms with E-state index in [1.807, 2.05) is 0 Å². The number of amides is 1. The number of benzene rings is 2. The monoisotopic (exact) mass is 371 g/mol. The van der Waals surface area contributed by atoms with E-state index in [2.05, 4.69) is 19.9 Å². The van der Waals surface area contributed by atoms with Gasteiger partial charge in [0.15, 0.2) is 0 Å². The van der Waals surface area contributed by atoms with Crippen LogP contribution in [-0.2, 0) is 17.8 Å². The smallest absolute Gasteiger partial charge is 0.230 e. The molecule has 0 unspecified atom stereocenters. The van der Waals surface area contributed by atoms with Crippen LogP contribution < -0.4 is 0 Å². The first-order valence-corrected chi connectivity index (χ1v) is 8.38. The Hall–Kier alpha value is -2.93. The van der Waals surface area contributed by atoms with E-state index >= 15 is 0 Å². The van der Waals surface area contributed by atoms with Crippen LogP contribution in [0.3, 0.4) is 0 Å². The molecule has 8 heteroatoms. The number of carbonyl (C=O) groups excluding carboxylic acids is 1. The first kappa shape index (κ1) is 16.5. The Morgan fingerprint density at radius 3 is 2.54 bits per heavy atom. The van der Waals surface area contributed by atoms with Crippen LogP contribution in [0.25, 0.3) is 22.1 Å². The lowest BCUT2D eigenvalue weighted by atomic mass is 10.3. The van der Waals surface area contributed by atoms with Crippen LogP contribution in [0.2, 0.25) is 5.02 Å². The molecule has 0 atom stereocenters. The fourth-order valence-electron chi connectivity index (χ4n) is 2.82. The van der Waals surface area contributed by atoms with Crippen LogP contribution in [0.4, 0.5) is 4.39 Å². The van der Waals surface area contributed by atoms with Crippen LogP contribution in [0.1, 0.15) is 11.6 Å². The van der Waals surface area contributed by atoms with E-state index < -0.39 is 0 Å². The van der Waals surface area contributed by atoms with Gasteiger partial charge in [-0.15, -0.1) is 0 Å². The molecule has 2 heterocycles. The minimum atomic E-state index is -0.331. The van der Waals surface area contributed by atoms with Crippen molar-refractivity contribution in [2.75, 3.05) is 7.05 Å². The molecule has 4 rings (SSSR count). The quantitative estimate of drug-likeness (QED) is 0.577. The number of aromatic amines is 2. The lowest BCUT2D eigenvalue weighted by molar-refractivity contribution is -0.129. The molecule has 2 aromatic carbocycles. The summed E-state index contributed by atoms with van der Waals surface area (Å²) in [5.74, 6) is 0.729. The maximum atomic E-state index is 13.3. The number of fused-ring (bicyclic) bond motifs is 2. The Labute approximate surface area is 153 Å². The van der Waals surface area contributed by atoms with Gasteiger partial charge in [-0.2, -0.15) is 0 Å². The molecule has 4 aromatic rings. The van der Waals surface area contributed by atoms with Crippen molar-refractivity contribution >= 4 is 39.6 Å². The van der Waals surface area contributed by atoms with Gasteiger partial charge >= 0.3 is 0 Å². The van der Waals surface area contributed by atoms with E-state index in [4.69, 9.17) is 11.6 Å². The van der Waals surface area contributed by atoms with Crippen molar-refractivity contribution in [1.82, 2.24) is 24.8 Å². The number of hydrogen-bond acceptors (Lipinski definition) is 3. The van der Waals surface area contributed by atoms with E-state index in [0.717, 1.165) is 11.0 Å².